The first-order chi connectivity index (χ1) is 11.9. The molecule has 0 unspecified atom stereocenters. The van der Waals surface area contributed by atoms with E-state index in [4.69, 9.17) is 9.47 Å². The highest BCUT2D eigenvalue weighted by Crippen LogP contribution is 2.31. The number of methoxy groups -OCH3 is 1. The summed E-state index contributed by atoms with van der Waals surface area (Å²) in [5.74, 6) is 0.298. The number of anilines is 1. The molecule has 0 aliphatic carbocycles. The van der Waals surface area contributed by atoms with Gasteiger partial charge in [-0.2, -0.15) is 0 Å². The zero-order chi connectivity index (χ0) is 18.4. The van der Waals surface area contributed by atoms with Crippen LogP contribution in [0.3, 0.4) is 0 Å². The van der Waals surface area contributed by atoms with Gasteiger partial charge in [-0.3, -0.25) is 14.9 Å². The standard InChI is InChI=1S/C18H20N2O5/c1-12(2)13-5-4-6-14(9-13)19-18(21)11-25-17-8-7-15(24-3)10-16(17)20(22)23/h4-10,12H,11H2,1-3H3,(H,19,21). The maximum Gasteiger partial charge on any atom is 0.314 e. The molecule has 0 spiro atoms. The topological polar surface area (TPSA) is 90.7 Å². The van der Waals surface area contributed by atoms with Crippen LogP contribution in [-0.2, 0) is 4.79 Å². The van der Waals surface area contributed by atoms with Gasteiger partial charge in [0.05, 0.1) is 18.1 Å². The lowest BCUT2D eigenvalue weighted by Gasteiger charge is -2.11. The lowest BCUT2D eigenvalue weighted by molar-refractivity contribution is -0.385. The molecule has 0 atom stereocenters. The zero-order valence-electron chi connectivity index (χ0n) is 14.3. The van der Waals surface area contributed by atoms with E-state index in [0.717, 1.165) is 5.56 Å². The molecule has 0 aliphatic heterocycles. The number of hydrogen-bond donors (Lipinski definition) is 1. The molecule has 1 amide bonds. The molecular weight excluding hydrogens is 324 g/mol. The summed E-state index contributed by atoms with van der Waals surface area (Å²) in [6, 6.07) is 11.7. The van der Waals surface area contributed by atoms with Gasteiger partial charge in [-0.25, -0.2) is 0 Å². The molecule has 0 aromatic heterocycles. The number of nitrogens with zero attached hydrogens (tertiary/aromatic N) is 1. The molecule has 0 aliphatic rings. The van der Waals surface area contributed by atoms with Gasteiger partial charge in [-0.15, -0.1) is 0 Å². The van der Waals surface area contributed by atoms with Gasteiger partial charge in [0.25, 0.3) is 5.91 Å². The first kappa shape index (κ1) is 18.3. The van der Waals surface area contributed by atoms with Crippen molar-refractivity contribution in [2.75, 3.05) is 19.0 Å². The Kier molecular flexibility index (Phi) is 5.94. The van der Waals surface area contributed by atoms with E-state index in [-0.39, 0.29) is 18.0 Å². The van der Waals surface area contributed by atoms with Crippen LogP contribution < -0.4 is 14.8 Å². The Morgan fingerprint density at radius 3 is 2.64 bits per heavy atom. The number of nitro groups is 1. The molecule has 0 saturated heterocycles. The van der Waals surface area contributed by atoms with Crippen LogP contribution in [0.5, 0.6) is 11.5 Å². The summed E-state index contributed by atoms with van der Waals surface area (Å²) in [6.45, 7) is 3.79. The fraction of sp³-hybridized carbons (Fsp3) is 0.278. The van der Waals surface area contributed by atoms with E-state index in [0.29, 0.717) is 17.4 Å². The highest BCUT2D eigenvalue weighted by Gasteiger charge is 2.17. The predicted molar refractivity (Wildman–Crippen MR) is 94.3 cm³/mol. The van der Waals surface area contributed by atoms with Gasteiger partial charge in [-0.05, 0) is 35.7 Å². The van der Waals surface area contributed by atoms with Crippen molar-refractivity contribution in [1.82, 2.24) is 0 Å². The molecular formula is C18H20N2O5. The summed E-state index contributed by atoms with van der Waals surface area (Å²) in [4.78, 5) is 22.6. The van der Waals surface area contributed by atoms with E-state index in [1.165, 1.54) is 25.3 Å². The Morgan fingerprint density at radius 2 is 2.00 bits per heavy atom. The molecule has 0 heterocycles. The smallest absolute Gasteiger partial charge is 0.314 e. The van der Waals surface area contributed by atoms with E-state index in [1.807, 2.05) is 18.2 Å². The average Bonchev–Trinajstić information content (AvgIpc) is 2.59. The number of ether oxygens (including phenoxy) is 2. The van der Waals surface area contributed by atoms with E-state index >= 15 is 0 Å². The van der Waals surface area contributed by atoms with Gasteiger partial charge in [-0.1, -0.05) is 26.0 Å². The summed E-state index contributed by atoms with van der Waals surface area (Å²) in [7, 11) is 1.41. The molecule has 25 heavy (non-hydrogen) atoms. The quantitative estimate of drug-likeness (QED) is 0.610. The fourth-order valence-corrected chi connectivity index (χ4v) is 2.20. The molecule has 0 bridgehead atoms. The lowest BCUT2D eigenvalue weighted by Crippen LogP contribution is -2.20. The van der Waals surface area contributed by atoms with Crippen LogP contribution in [0.2, 0.25) is 0 Å². The summed E-state index contributed by atoms with van der Waals surface area (Å²) in [6.07, 6.45) is 0. The van der Waals surface area contributed by atoms with Crippen LogP contribution in [0.1, 0.15) is 25.3 Å². The van der Waals surface area contributed by atoms with Crippen LogP contribution in [-0.4, -0.2) is 24.5 Å². The number of carbonyl (C=O) groups excluding carboxylic acids is 1. The first-order valence-electron chi connectivity index (χ1n) is 7.75. The summed E-state index contributed by atoms with van der Waals surface area (Å²) in [5, 5.41) is 13.8. The van der Waals surface area contributed by atoms with Crippen molar-refractivity contribution < 1.29 is 19.2 Å². The second-order valence-electron chi connectivity index (χ2n) is 5.71. The fourth-order valence-electron chi connectivity index (χ4n) is 2.20. The molecule has 2 rings (SSSR count). The summed E-state index contributed by atoms with van der Waals surface area (Å²) >= 11 is 0. The van der Waals surface area contributed by atoms with Crippen LogP contribution in [0.15, 0.2) is 42.5 Å². The number of hydrogen-bond acceptors (Lipinski definition) is 5. The van der Waals surface area contributed by atoms with Gasteiger partial charge in [0.15, 0.2) is 12.4 Å². The number of nitro benzene ring substituents is 1. The lowest BCUT2D eigenvalue weighted by atomic mass is 10.0. The molecule has 0 radical (unpaired) electrons. The van der Waals surface area contributed by atoms with Gasteiger partial charge < -0.3 is 14.8 Å². The first-order valence-corrected chi connectivity index (χ1v) is 7.75. The maximum absolute atomic E-state index is 12.0. The Labute approximate surface area is 145 Å². The summed E-state index contributed by atoms with van der Waals surface area (Å²) in [5.41, 5.74) is 1.50. The van der Waals surface area contributed by atoms with E-state index in [2.05, 4.69) is 19.2 Å². The van der Waals surface area contributed by atoms with Crippen molar-refractivity contribution in [3.05, 3.63) is 58.1 Å². The van der Waals surface area contributed by atoms with E-state index < -0.39 is 10.8 Å². The molecule has 7 heteroatoms. The minimum Gasteiger partial charge on any atom is -0.496 e. The normalized spacial score (nSPS) is 10.4. The Balaban J connectivity index is 2.03. The van der Waals surface area contributed by atoms with Crippen LogP contribution >= 0.6 is 0 Å². The molecule has 2 aromatic carbocycles. The number of nitrogens with one attached hydrogen (secondary N) is 1. The molecule has 7 nitrogen and oxygen atoms in total. The van der Waals surface area contributed by atoms with Gasteiger partial charge in [0.1, 0.15) is 5.75 Å². The van der Waals surface area contributed by atoms with Crippen molar-refractivity contribution in [3.8, 4) is 11.5 Å². The Morgan fingerprint density at radius 1 is 1.24 bits per heavy atom. The average molecular weight is 344 g/mol. The molecule has 132 valence electrons. The van der Waals surface area contributed by atoms with Gasteiger partial charge in [0.2, 0.25) is 0 Å². The van der Waals surface area contributed by atoms with Crippen LogP contribution in [0.25, 0.3) is 0 Å². The predicted octanol–water partition coefficient (Wildman–Crippen LogP) is 3.74. The minimum absolute atomic E-state index is 0.0110. The van der Waals surface area contributed by atoms with Gasteiger partial charge in [0, 0.05) is 5.69 Å². The Bertz CT molecular complexity index is 774. The number of carbonyl (C=O) groups is 1. The van der Waals surface area contributed by atoms with Crippen molar-refractivity contribution >= 4 is 17.3 Å². The Hall–Kier alpha value is -3.09. The molecule has 1 N–H and O–H groups in total. The van der Waals surface area contributed by atoms with E-state index in [9.17, 15) is 14.9 Å². The molecule has 2 aromatic rings. The third-order valence-corrected chi connectivity index (χ3v) is 3.56. The van der Waals surface area contributed by atoms with Crippen LogP contribution in [0.4, 0.5) is 11.4 Å². The minimum atomic E-state index is -0.581. The molecule has 0 saturated carbocycles. The van der Waals surface area contributed by atoms with Crippen molar-refractivity contribution in [2.45, 2.75) is 19.8 Å². The third-order valence-electron chi connectivity index (χ3n) is 3.56. The van der Waals surface area contributed by atoms with Gasteiger partial charge >= 0.3 is 5.69 Å². The SMILES string of the molecule is COc1ccc(OCC(=O)Nc2cccc(C(C)C)c2)c([N+](=O)[O-])c1. The zero-order valence-corrected chi connectivity index (χ0v) is 14.3. The van der Waals surface area contributed by atoms with E-state index in [1.54, 1.807) is 6.07 Å². The van der Waals surface area contributed by atoms with Crippen molar-refractivity contribution in [3.63, 3.8) is 0 Å². The number of rotatable bonds is 7. The second-order valence-corrected chi connectivity index (χ2v) is 5.71. The second kappa shape index (κ2) is 8.14. The third kappa shape index (κ3) is 4.94. The molecule has 0 fully saturated rings. The van der Waals surface area contributed by atoms with Crippen molar-refractivity contribution in [1.29, 1.82) is 0 Å². The summed E-state index contributed by atoms with van der Waals surface area (Å²) < 4.78 is 10.3. The maximum atomic E-state index is 12.0. The number of benzene rings is 2. The monoisotopic (exact) mass is 344 g/mol. The largest absolute Gasteiger partial charge is 0.496 e. The van der Waals surface area contributed by atoms with Crippen LogP contribution in [0, 0.1) is 10.1 Å². The number of amides is 1. The van der Waals surface area contributed by atoms with Crippen molar-refractivity contribution in [2.24, 2.45) is 0 Å². The highest BCUT2D eigenvalue weighted by atomic mass is 16.6. The highest BCUT2D eigenvalue weighted by molar-refractivity contribution is 5.92.